The number of benzene rings is 1. The molecule has 0 aromatic heterocycles. The predicted molar refractivity (Wildman–Crippen MR) is 69.9 cm³/mol. The zero-order chi connectivity index (χ0) is 12.1. The van der Waals surface area contributed by atoms with Crippen LogP contribution in [0.5, 0.6) is 0 Å². The van der Waals surface area contributed by atoms with Gasteiger partial charge in [0.05, 0.1) is 0 Å². The second kappa shape index (κ2) is 6.01. The van der Waals surface area contributed by atoms with E-state index in [1.54, 1.807) is 42.9 Å². The lowest BCUT2D eigenvalue weighted by molar-refractivity contribution is -0.128. The highest BCUT2D eigenvalue weighted by Crippen LogP contribution is 2.27. The van der Waals surface area contributed by atoms with Crippen LogP contribution in [0.15, 0.2) is 23.1 Å². The summed E-state index contributed by atoms with van der Waals surface area (Å²) >= 11 is 7.36. The van der Waals surface area contributed by atoms with E-state index in [-0.39, 0.29) is 5.91 Å². The third-order valence-electron chi connectivity index (χ3n) is 2.04. The van der Waals surface area contributed by atoms with Crippen molar-refractivity contribution in [2.45, 2.75) is 11.3 Å². The Morgan fingerprint density at radius 3 is 2.75 bits per heavy atom. The minimum absolute atomic E-state index is 0.125. The van der Waals surface area contributed by atoms with Gasteiger partial charge >= 0.3 is 0 Å². The fourth-order valence-corrected chi connectivity index (χ4v) is 2.19. The lowest BCUT2D eigenvalue weighted by Gasteiger charge is -2.10. The van der Waals surface area contributed by atoms with Gasteiger partial charge in [0.2, 0.25) is 5.91 Å². The van der Waals surface area contributed by atoms with Crippen molar-refractivity contribution in [2.75, 3.05) is 25.6 Å². The molecule has 16 heavy (non-hydrogen) atoms. The highest BCUT2D eigenvalue weighted by Gasteiger charge is 2.05. The van der Waals surface area contributed by atoms with Gasteiger partial charge < -0.3 is 10.6 Å². The summed E-state index contributed by atoms with van der Waals surface area (Å²) in [4.78, 5) is 13.9. The van der Waals surface area contributed by atoms with Crippen molar-refractivity contribution in [3.05, 3.63) is 23.2 Å². The molecule has 0 saturated carbocycles. The van der Waals surface area contributed by atoms with E-state index in [4.69, 9.17) is 17.3 Å². The number of carbonyl (C=O) groups excluding carboxylic acids is 1. The Morgan fingerprint density at radius 1 is 1.50 bits per heavy atom. The fraction of sp³-hybridized carbons (Fsp3) is 0.364. The molecule has 3 nitrogen and oxygen atoms in total. The van der Waals surface area contributed by atoms with E-state index < -0.39 is 0 Å². The summed E-state index contributed by atoms with van der Waals surface area (Å²) in [6.07, 6.45) is 0.514. The molecule has 0 fully saturated rings. The van der Waals surface area contributed by atoms with Crippen LogP contribution in [0.4, 0.5) is 5.69 Å². The third-order valence-corrected chi connectivity index (χ3v) is 3.37. The zero-order valence-electron chi connectivity index (χ0n) is 9.37. The van der Waals surface area contributed by atoms with E-state index in [9.17, 15) is 4.79 Å². The van der Waals surface area contributed by atoms with Gasteiger partial charge in [0.25, 0.3) is 0 Å². The summed E-state index contributed by atoms with van der Waals surface area (Å²) < 4.78 is 0. The van der Waals surface area contributed by atoms with Gasteiger partial charge in [-0.3, -0.25) is 4.79 Å². The van der Waals surface area contributed by atoms with Crippen molar-refractivity contribution in [3.8, 4) is 0 Å². The number of amides is 1. The molecule has 1 aromatic rings. The maximum absolute atomic E-state index is 11.3. The summed E-state index contributed by atoms with van der Waals surface area (Å²) in [5.41, 5.74) is 6.46. The molecule has 0 aliphatic heterocycles. The van der Waals surface area contributed by atoms with Gasteiger partial charge in [0, 0.05) is 41.9 Å². The fourth-order valence-electron chi connectivity index (χ4n) is 1.12. The number of carbonyl (C=O) groups is 1. The average Bonchev–Trinajstić information content (AvgIpc) is 2.20. The van der Waals surface area contributed by atoms with Crippen molar-refractivity contribution < 1.29 is 4.79 Å². The SMILES string of the molecule is CN(C)C(=O)CCSc1ccc(Cl)cc1N. The maximum atomic E-state index is 11.3. The first kappa shape index (κ1) is 13.2. The lowest BCUT2D eigenvalue weighted by Crippen LogP contribution is -2.21. The van der Waals surface area contributed by atoms with Crippen LogP contribution in [-0.2, 0) is 4.79 Å². The number of hydrogen-bond acceptors (Lipinski definition) is 3. The molecule has 0 bridgehead atoms. The van der Waals surface area contributed by atoms with Crippen LogP contribution in [0.3, 0.4) is 0 Å². The van der Waals surface area contributed by atoms with Gasteiger partial charge in [0.1, 0.15) is 0 Å². The highest BCUT2D eigenvalue weighted by atomic mass is 35.5. The van der Waals surface area contributed by atoms with Crippen LogP contribution in [-0.4, -0.2) is 30.7 Å². The molecule has 5 heteroatoms. The number of rotatable bonds is 4. The Labute approximate surface area is 105 Å². The molecule has 0 aliphatic carbocycles. The van der Waals surface area contributed by atoms with Gasteiger partial charge in [0.15, 0.2) is 0 Å². The Balaban J connectivity index is 2.46. The maximum Gasteiger partial charge on any atom is 0.222 e. The molecule has 0 radical (unpaired) electrons. The first-order valence-corrected chi connectivity index (χ1v) is 6.25. The van der Waals surface area contributed by atoms with Crippen molar-refractivity contribution >= 4 is 35.0 Å². The summed E-state index contributed by atoms with van der Waals surface area (Å²) in [5, 5.41) is 0.631. The Kier molecular flexibility index (Phi) is 4.96. The number of nitrogen functional groups attached to an aromatic ring is 1. The van der Waals surface area contributed by atoms with E-state index in [0.29, 0.717) is 17.1 Å². The van der Waals surface area contributed by atoms with E-state index >= 15 is 0 Å². The molecule has 2 N–H and O–H groups in total. The van der Waals surface area contributed by atoms with Crippen molar-refractivity contribution in [3.63, 3.8) is 0 Å². The van der Waals surface area contributed by atoms with Crippen molar-refractivity contribution in [1.82, 2.24) is 4.90 Å². The van der Waals surface area contributed by atoms with Gasteiger partial charge in [-0.1, -0.05) is 11.6 Å². The molecule has 1 aromatic carbocycles. The molecule has 0 spiro atoms. The quantitative estimate of drug-likeness (QED) is 0.667. The largest absolute Gasteiger partial charge is 0.398 e. The Bertz CT molecular complexity index is 382. The average molecular weight is 259 g/mol. The third kappa shape index (κ3) is 3.94. The topological polar surface area (TPSA) is 46.3 Å². The molecule has 0 unspecified atom stereocenters. The molecule has 0 aliphatic rings. The zero-order valence-corrected chi connectivity index (χ0v) is 10.9. The smallest absolute Gasteiger partial charge is 0.222 e. The first-order chi connectivity index (χ1) is 7.50. The predicted octanol–water partition coefficient (Wildman–Crippen LogP) is 2.49. The van der Waals surface area contributed by atoms with E-state index in [0.717, 1.165) is 10.6 Å². The highest BCUT2D eigenvalue weighted by molar-refractivity contribution is 7.99. The summed E-state index contributed by atoms with van der Waals surface area (Å²) in [6.45, 7) is 0. The number of anilines is 1. The summed E-state index contributed by atoms with van der Waals surface area (Å²) in [6, 6.07) is 5.40. The van der Waals surface area contributed by atoms with Crippen LogP contribution in [0.1, 0.15) is 6.42 Å². The van der Waals surface area contributed by atoms with Gasteiger partial charge in [-0.2, -0.15) is 0 Å². The van der Waals surface area contributed by atoms with Crippen LogP contribution in [0, 0.1) is 0 Å². The van der Waals surface area contributed by atoms with Crippen LogP contribution < -0.4 is 5.73 Å². The van der Waals surface area contributed by atoms with Gasteiger partial charge in [-0.05, 0) is 18.2 Å². The van der Waals surface area contributed by atoms with E-state index in [1.807, 2.05) is 6.07 Å². The Hall–Kier alpha value is -0.870. The van der Waals surface area contributed by atoms with Gasteiger partial charge in [-0.25, -0.2) is 0 Å². The first-order valence-electron chi connectivity index (χ1n) is 4.88. The summed E-state index contributed by atoms with van der Waals surface area (Å²) in [5.74, 6) is 0.850. The minimum Gasteiger partial charge on any atom is -0.398 e. The second-order valence-corrected chi connectivity index (χ2v) is 5.14. The molecular formula is C11H15ClN2OS. The lowest BCUT2D eigenvalue weighted by atomic mass is 10.3. The molecule has 1 rings (SSSR count). The number of nitrogens with two attached hydrogens (primary N) is 1. The number of nitrogens with zero attached hydrogens (tertiary/aromatic N) is 1. The molecule has 88 valence electrons. The van der Waals surface area contributed by atoms with E-state index in [1.165, 1.54) is 0 Å². The molecule has 0 heterocycles. The number of halogens is 1. The second-order valence-electron chi connectivity index (χ2n) is 3.57. The van der Waals surface area contributed by atoms with Crippen LogP contribution in [0.2, 0.25) is 5.02 Å². The standard InChI is InChI=1S/C11H15ClN2OS/c1-14(2)11(15)5-6-16-10-4-3-8(12)7-9(10)13/h3-4,7H,5-6,13H2,1-2H3. The van der Waals surface area contributed by atoms with Crippen molar-refractivity contribution in [1.29, 1.82) is 0 Å². The normalized spacial score (nSPS) is 10.2. The molecular weight excluding hydrogens is 244 g/mol. The van der Waals surface area contributed by atoms with Crippen LogP contribution >= 0.6 is 23.4 Å². The summed E-state index contributed by atoms with van der Waals surface area (Å²) in [7, 11) is 3.51. The van der Waals surface area contributed by atoms with Crippen LogP contribution in [0.25, 0.3) is 0 Å². The number of hydrogen-bond donors (Lipinski definition) is 1. The minimum atomic E-state index is 0.125. The Morgan fingerprint density at radius 2 is 2.19 bits per heavy atom. The van der Waals surface area contributed by atoms with Crippen molar-refractivity contribution in [2.24, 2.45) is 0 Å². The molecule has 0 atom stereocenters. The van der Waals surface area contributed by atoms with Gasteiger partial charge in [-0.15, -0.1) is 11.8 Å². The number of thioether (sulfide) groups is 1. The molecule has 0 saturated heterocycles. The monoisotopic (exact) mass is 258 g/mol. The van der Waals surface area contributed by atoms with E-state index in [2.05, 4.69) is 0 Å². The molecule has 1 amide bonds.